The van der Waals surface area contributed by atoms with E-state index in [-0.39, 0.29) is 4.11 Å². The highest BCUT2D eigenvalue weighted by atomic mass is 123. The molecule has 0 saturated carbocycles. The molecule has 6 nitrogen and oxygen atoms in total. The van der Waals surface area contributed by atoms with Crippen LogP contribution in [0.15, 0.2) is 0 Å². The summed E-state index contributed by atoms with van der Waals surface area (Å²) < 4.78 is 10.1. The summed E-state index contributed by atoms with van der Waals surface area (Å²) in [5.74, 6) is 0. The third-order valence-corrected chi connectivity index (χ3v) is 2.46. The molecule has 0 aromatic heterocycles. The van der Waals surface area contributed by atoms with Crippen LogP contribution in [0.5, 0.6) is 0 Å². The van der Waals surface area contributed by atoms with E-state index < -0.39 is 37.3 Å². The largest absolute Gasteiger partial charge is 0.394 e. The van der Waals surface area contributed by atoms with Gasteiger partial charge in [-0.25, -0.2) is 0 Å². The van der Waals surface area contributed by atoms with E-state index in [4.69, 9.17) is 14.6 Å². The van der Waals surface area contributed by atoms with Crippen molar-refractivity contribution in [3.05, 3.63) is 0 Å². The van der Waals surface area contributed by atoms with E-state index in [1.54, 1.807) is 6.92 Å². The third kappa shape index (κ3) is 3.22. The van der Waals surface area contributed by atoms with Gasteiger partial charge in [-0.2, -0.15) is 0 Å². The fourth-order valence-electron chi connectivity index (χ4n) is 1.36. The van der Waals surface area contributed by atoms with Crippen LogP contribution in [0.4, 0.5) is 0 Å². The van der Waals surface area contributed by atoms with Crippen molar-refractivity contribution in [3.8, 4) is 0 Å². The number of hydrogen-bond acceptors (Lipinski definition) is 6. The highest BCUT2D eigenvalue weighted by Gasteiger charge is 2.44. The maximum atomic E-state index is 9.53. The first kappa shape index (κ1) is 13.6. The summed E-state index contributed by atoms with van der Waals surface area (Å²) in [6.45, 7) is 1.29. The Labute approximate surface area is 101 Å². The quantitative estimate of drug-likeness (QED) is 0.375. The second-order valence-corrected chi connectivity index (χ2v) is 5.13. The van der Waals surface area contributed by atoms with E-state index in [0.717, 1.165) is 0 Å². The standard InChI is InChI=1S/C8H15IO6/c1-3(9)14-8-7(13)6(12)5(11)4(2-10)15-8/h3-8,10-13H,2H2,1H3/t3?,4-,5-,6+,7+,8?/m1/s1/i9-4. The molecule has 1 saturated heterocycles. The Morgan fingerprint density at radius 1 is 1.27 bits per heavy atom. The highest BCUT2D eigenvalue weighted by molar-refractivity contribution is 14.1. The minimum atomic E-state index is -1.38. The minimum absolute atomic E-state index is 0.218. The van der Waals surface area contributed by atoms with Crippen molar-refractivity contribution in [2.45, 2.75) is 41.7 Å². The average Bonchev–Trinajstić information content (AvgIpc) is 2.18. The van der Waals surface area contributed by atoms with Gasteiger partial charge >= 0.3 is 0 Å². The summed E-state index contributed by atoms with van der Waals surface area (Å²) in [5.41, 5.74) is 0. The second-order valence-electron chi connectivity index (χ2n) is 3.38. The maximum absolute atomic E-state index is 9.53. The van der Waals surface area contributed by atoms with Gasteiger partial charge in [0.15, 0.2) is 6.29 Å². The lowest BCUT2D eigenvalue weighted by molar-refractivity contribution is -0.301. The summed E-state index contributed by atoms with van der Waals surface area (Å²) in [6.07, 6.45) is -5.98. The zero-order chi connectivity index (χ0) is 11.6. The first-order valence-corrected chi connectivity index (χ1v) is 5.82. The zero-order valence-corrected chi connectivity index (χ0v) is 10.3. The van der Waals surface area contributed by atoms with Crippen molar-refractivity contribution in [2.24, 2.45) is 0 Å². The number of halogens is 1. The number of aliphatic hydroxyl groups is 4. The van der Waals surface area contributed by atoms with Crippen molar-refractivity contribution in [3.63, 3.8) is 0 Å². The Kier molecular flexibility index (Phi) is 5.16. The molecule has 1 rings (SSSR count). The molecule has 0 spiro atoms. The van der Waals surface area contributed by atoms with Gasteiger partial charge in [0.2, 0.25) is 0 Å². The van der Waals surface area contributed by atoms with Crippen LogP contribution in [-0.2, 0) is 9.47 Å². The molecule has 7 heteroatoms. The predicted molar refractivity (Wildman–Crippen MR) is 58.3 cm³/mol. The molecular formula is C8H15IO6. The second kappa shape index (κ2) is 5.71. The van der Waals surface area contributed by atoms with Gasteiger partial charge in [-0.1, -0.05) is 22.6 Å². The molecule has 90 valence electrons. The summed E-state index contributed by atoms with van der Waals surface area (Å²) in [7, 11) is 0. The molecule has 4 N–H and O–H groups in total. The van der Waals surface area contributed by atoms with Crippen LogP contribution in [0, 0.1) is 0 Å². The van der Waals surface area contributed by atoms with Gasteiger partial charge in [-0.15, -0.1) is 0 Å². The molecule has 1 fully saturated rings. The molecule has 6 atom stereocenters. The van der Waals surface area contributed by atoms with E-state index in [2.05, 4.69) is 0 Å². The van der Waals surface area contributed by atoms with Crippen LogP contribution in [-0.4, -0.2) is 61.8 Å². The van der Waals surface area contributed by atoms with Crippen LogP contribution in [0.1, 0.15) is 6.92 Å². The van der Waals surface area contributed by atoms with Gasteiger partial charge < -0.3 is 29.9 Å². The van der Waals surface area contributed by atoms with Gasteiger partial charge in [0.05, 0.1) is 6.61 Å². The molecule has 2 unspecified atom stereocenters. The first-order valence-electron chi connectivity index (χ1n) is 4.57. The summed E-state index contributed by atoms with van der Waals surface area (Å²) in [6, 6.07) is 0. The lowest BCUT2D eigenvalue weighted by Gasteiger charge is -2.39. The molecule has 1 heterocycles. The SMILES string of the molecule is CC([123I])OC1O[C@H](CO)[C@@H](O)[C@H](O)[C@@H]1O. The summed E-state index contributed by atoms with van der Waals surface area (Å²) in [5, 5.41) is 37.3. The Morgan fingerprint density at radius 2 is 1.87 bits per heavy atom. The summed E-state index contributed by atoms with van der Waals surface area (Å²) in [4.78, 5) is 0. The first-order chi connectivity index (χ1) is 6.97. The van der Waals surface area contributed by atoms with E-state index in [9.17, 15) is 15.3 Å². The average molecular weight is 330 g/mol. The topological polar surface area (TPSA) is 99.4 Å². The van der Waals surface area contributed by atoms with Crippen molar-refractivity contribution < 1.29 is 29.9 Å². The molecular weight excluding hydrogens is 315 g/mol. The highest BCUT2D eigenvalue weighted by Crippen LogP contribution is 2.23. The van der Waals surface area contributed by atoms with E-state index >= 15 is 0 Å². The molecule has 15 heavy (non-hydrogen) atoms. The molecule has 0 aliphatic carbocycles. The Hall–Kier alpha value is 0.490. The predicted octanol–water partition coefficient (Wildman–Crippen LogP) is -1.42. The van der Waals surface area contributed by atoms with Crippen LogP contribution in [0.25, 0.3) is 0 Å². The van der Waals surface area contributed by atoms with Gasteiger partial charge in [-0.3, -0.25) is 0 Å². The summed E-state index contributed by atoms with van der Waals surface area (Å²) >= 11 is 1.97. The number of aliphatic hydroxyl groups excluding tert-OH is 4. The van der Waals surface area contributed by atoms with Crippen molar-refractivity contribution in [2.75, 3.05) is 6.61 Å². The molecule has 0 amide bonds. The fraction of sp³-hybridized carbons (Fsp3) is 1.00. The lowest BCUT2D eigenvalue weighted by atomic mass is 9.99. The molecule has 0 aromatic rings. The zero-order valence-electron chi connectivity index (χ0n) is 8.15. The molecule has 0 aromatic carbocycles. The van der Waals surface area contributed by atoms with Crippen LogP contribution >= 0.6 is 22.6 Å². The van der Waals surface area contributed by atoms with Gasteiger partial charge in [-0.05, 0) is 6.92 Å². The number of hydrogen-bond donors (Lipinski definition) is 4. The Balaban J connectivity index is 2.65. The molecule has 1 aliphatic heterocycles. The fourth-order valence-corrected chi connectivity index (χ4v) is 1.65. The van der Waals surface area contributed by atoms with Crippen molar-refractivity contribution in [1.29, 1.82) is 0 Å². The third-order valence-electron chi connectivity index (χ3n) is 2.17. The van der Waals surface area contributed by atoms with Crippen LogP contribution in [0.3, 0.4) is 0 Å². The van der Waals surface area contributed by atoms with E-state index in [1.807, 2.05) is 22.6 Å². The molecule has 0 radical (unpaired) electrons. The van der Waals surface area contributed by atoms with Crippen LogP contribution < -0.4 is 0 Å². The minimum Gasteiger partial charge on any atom is -0.394 e. The van der Waals surface area contributed by atoms with E-state index in [1.165, 1.54) is 0 Å². The van der Waals surface area contributed by atoms with Gasteiger partial charge in [0.25, 0.3) is 0 Å². The number of alkyl halides is 1. The Morgan fingerprint density at radius 3 is 2.33 bits per heavy atom. The Bertz CT molecular complexity index is 200. The van der Waals surface area contributed by atoms with Gasteiger partial charge in [0, 0.05) is 0 Å². The smallest absolute Gasteiger partial charge is 0.187 e. The van der Waals surface area contributed by atoms with Crippen molar-refractivity contribution >= 4 is 22.6 Å². The monoisotopic (exact) mass is 330 g/mol. The van der Waals surface area contributed by atoms with E-state index in [0.29, 0.717) is 0 Å². The van der Waals surface area contributed by atoms with Crippen molar-refractivity contribution in [1.82, 2.24) is 0 Å². The maximum Gasteiger partial charge on any atom is 0.187 e. The molecule has 0 bridgehead atoms. The van der Waals surface area contributed by atoms with Crippen LogP contribution in [0.2, 0.25) is 0 Å². The van der Waals surface area contributed by atoms with Gasteiger partial charge in [0.1, 0.15) is 28.5 Å². The molecule has 1 aliphatic rings. The normalized spacial score (nSPS) is 44.0. The lowest BCUT2D eigenvalue weighted by Crippen LogP contribution is -2.59. The number of ether oxygens (including phenoxy) is 2. The number of rotatable bonds is 3.